The number of hydrogen-bond acceptors (Lipinski definition) is 34. The lowest BCUT2D eigenvalue weighted by Crippen LogP contribution is -2.33. The van der Waals surface area contributed by atoms with E-state index < -0.39 is 154 Å². The number of fused-ring (bicyclic) bond motifs is 2. The zero-order chi connectivity index (χ0) is 76.1. The maximum Gasteiger partial charge on any atom is 0.472 e. The minimum Gasteiger partial charge on any atom is -0.394 e. The van der Waals surface area contributed by atoms with Crippen LogP contribution in [0.5, 0.6) is 0 Å². The van der Waals surface area contributed by atoms with Crippen LogP contribution < -0.4 is 34.0 Å². The number of nitrogens with one attached hydrogen (secondary N) is 2. The molecule has 10 aromatic heterocycles. The molecular formula is C60H68N14O26P4S4. The fraction of sp³-hybridized carbons (Fsp3) is 0.433. The average molecular weight is 1650 g/mol. The molecule has 10 aromatic rings. The number of aromatic nitrogens is 12. The highest BCUT2D eigenvalue weighted by molar-refractivity contribution is 7.48. The number of rotatable bonds is 31. The number of aliphatic hydroxyl groups is 2. The fourth-order valence-electron chi connectivity index (χ4n) is 12.5. The highest BCUT2D eigenvalue weighted by atomic mass is 32.1. The van der Waals surface area contributed by atoms with E-state index in [0.717, 1.165) is 48.2 Å². The quantitative estimate of drug-likeness (QED) is 0.0232. The Morgan fingerprint density at radius 1 is 0.463 bits per heavy atom. The Morgan fingerprint density at radius 3 is 1.16 bits per heavy atom. The number of phosphoric ester groups is 4. The molecule has 16 atom stereocenters. The second-order valence-corrected chi connectivity index (χ2v) is 35.1. The highest BCUT2D eigenvalue weighted by Crippen LogP contribution is 2.55. The molecule has 4 aliphatic heterocycles. The summed E-state index contributed by atoms with van der Waals surface area (Å²) in [5.74, 6) is 0.142. The largest absolute Gasteiger partial charge is 0.472 e. The first-order chi connectivity index (χ1) is 51.5. The third kappa shape index (κ3) is 17.5. The monoisotopic (exact) mass is 1650 g/mol. The molecule has 40 nitrogen and oxygen atoms in total. The number of aromatic amines is 2. The lowest BCUT2D eigenvalue weighted by atomic mass is 10.2. The van der Waals surface area contributed by atoms with Gasteiger partial charge in [0.1, 0.15) is 97.4 Å². The predicted octanol–water partition coefficient (Wildman–Crippen LogP) is 5.72. The number of nitrogen functional groups attached to an aromatic ring is 2. The number of H-pyrrole nitrogens is 2. The Morgan fingerprint density at radius 2 is 0.787 bits per heavy atom. The van der Waals surface area contributed by atoms with Crippen LogP contribution >= 0.6 is 76.6 Å². The van der Waals surface area contributed by atoms with Gasteiger partial charge in [-0.1, -0.05) is 0 Å². The molecule has 0 radical (unpaired) electrons. The number of nitrogens with zero attached hydrogens (tertiary/aromatic N) is 10. The van der Waals surface area contributed by atoms with Crippen molar-refractivity contribution in [1.29, 1.82) is 0 Å². The predicted molar refractivity (Wildman–Crippen MR) is 384 cm³/mol. The van der Waals surface area contributed by atoms with Gasteiger partial charge in [-0.25, -0.2) is 57.8 Å². The number of hydrogen-bond donors (Lipinski definition) is 10. The van der Waals surface area contributed by atoms with Gasteiger partial charge < -0.3 is 60.2 Å². The Kier molecular flexibility index (Phi) is 23.1. The number of thiophene rings is 4. The van der Waals surface area contributed by atoms with Crippen molar-refractivity contribution in [3.8, 4) is 29.3 Å². The second kappa shape index (κ2) is 32.0. The van der Waals surface area contributed by atoms with Gasteiger partial charge in [-0.15, -0.1) is 45.3 Å². The van der Waals surface area contributed by atoms with E-state index in [9.17, 15) is 67.2 Å². The molecule has 48 heteroatoms. The summed E-state index contributed by atoms with van der Waals surface area (Å²) in [6.45, 7) is -0.429. The first-order valence-corrected chi connectivity index (χ1v) is 42.1. The van der Waals surface area contributed by atoms with Crippen molar-refractivity contribution in [1.82, 2.24) is 58.1 Å². The molecule has 0 saturated carbocycles. The average Bonchev–Trinajstić information content (AvgIpc) is 1.65. The van der Waals surface area contributed by atoms with Crippen molar-refractivity contribution in [2.45, 2.75) is 126 Å². The normalized spacial score (nSPS) is 25.4. The standard InChI is InChI=1S/C60H68N14O26P4S4/c1-29-19-71(59(79)69-57(29)77)47-15-33(37(21-75)93-47)97-103(85,86)91-23-39-35(17-49(95-39)73-27-67-51-53(61)63-25-65-55(51)73)99-101(81,82)89-13-11-31-3-5-41(105-31)43-7-9-45(107-43)46-10-8-44(108-46)42-6-4-32(106-42)12-14-90-102(83,84)100-36-18-50(74-28-68-52-54(62)64-26-66-56(52)74)96-40(36)24-92-104(87,88)98-34-16-48(94-38(34)22-76)72-20-30(2)58(78)70-60(72)80/h3-10,19-20,25-28,33-40,47-50,75-76H,11-18,21-24H2,1-2H3,(H,81,82)(H,83,84)(H,85,86)(H,87,88)(H2,61,63,65)(H2,62,64,66)(H,69,77,79)(H,70,78,80)/t33-,34-,35-,36-,37+,38+,39+,40+,47+,48+,49+,50+/m0/s1. The number of nitrogens with two attached hydrogens (primary N) is 2. The van der Waals surface area contributed by atoms with Gasteiger partial charge in [-0.05, 0) is 62.4 Å². The number of phosphoric acid groups is 4. The van der Waals surface area contributed by atoms with E-state index >= 15 is 0 Å². The molecular weight excluding hydrogens is 1580 g/mol. The number of aliphatic hydroxyl groups excluding tert-OH is 2. The summed E-state index contributed by atoms with van der Waals surface area (Å²) in [5, 5.41) is 20.2. The van der Waals surface area contributed by atoms with Crippen LogP contribution in [0.3, 0.4) is 0 Å². The molecule has 4 saturated heterocycles. The van der Waals surface area contributed by atoms with Gasteiger partial charge in [0.25, 0.3) is 11.1 Å². The van der Waals surface area contributed by atoms with Crippen molar-refractivity contribution in [2.24, 2.45) is 0 Å². The van der Waals surface area contributed by atoms with Gasteiger partial charge in [0.05, 0.1) is 52.3 Å². The van der Waals surface area contributed by atoms with Crippen molar-refractivity contribution in [2.75, 3.05) is 51.1 Å². The van der Waals surface area contributed by atoms with E-state index in [1.807, 2.05) is 48.5 Å². The molecule has 14 rings (SSSR count). The molecule has 0 spiro atoms. The number of anilines is 2. The van der Waals surface area contributed by atoms with E-state index in [2.05, 4.69) is 39.9 Å². The maximum absolute atomic E-state index is 13.7. The molecule has 0 bridgehead atoms. The summed E-state index contributed by atoms with van der Waals surface area (Å²) in [4.78, 5) is 130. The number of imidazole rings is 2. The molecule has 4 fully saturated rings. The van der Waals surface area contributed by atoms with E-state index in [1.54, 1.807) is 22.7 Å². The highest BCUT2D eigenvalue weighted by Gasteiger charge is 2.48. The van der Waals surface area contributed by atoms with Crippen molar-refractivity contribution >= 4 is 111 Å². The topological polar surface area (TPSA) is 549 Å². The van der Waals surface area contributed by atoms with Gasteiger partial charge in [0.2, 0.25) is 0 Å². The van der Waals surface area contributed by atoms with Crippen LogP contribution in [0, 0.1) is 13.8 Å². The van der Waals surface area contributed by atoms with E-state index in [-0.39, 0.29) is 96.8 Å². The fourth-order valence-corrected chi connectivity index (χ4v) is 20.6. The zero-order valence-corrected chi connectivity index (χ0v) is 63.2. The molecule has 0 amide bonds. The van der Waals surface area contributed by atoms with E-state index in [0.29, 0.717) is 0 Å². The third-order valence-electron chi connectivity index (χ3n) is 17.7. The summed E-state index contributed by atoms with van der Waals surface area (Å²) < 4.78 is 128. The molecule has 4 aliphatic rings. The molecule has 108 heavy (non-hydrogen) atoms. The van der Waals surface area contributed by atoms with Crippen LogP contribution in [-0.4, -0.2) is 176 Å². The Hall–Kier alpha value is -6.94. The van der Waals surface area contributed by atoms with Crippen LogP contribution in [0.25, 0.3) is 51.6 Å². The minimum absolute atomic E-state index is 0.0711. The summed E-state index contributed by atoms with van der Waals surface area (Å²) in [6.07, 6.45) is -7.09. The molecule has 12 N–H and O–H groups in total. The summed E-state index contributed by atoms with van der Waals surface area (Å²) >= 11 is 6.05. The summed E-state index contributed by atoms with van der Waals surface area (Å²) in [6, 6.07) is 15.6. The Bertz CT molecular complexity index is 5090. The van der Waals surface area contributed by atoms with Crippen molar-refractivity contribution in [3.05, 3.63) is 149 Å². The van der Waals surface area contributed by atoms with E-state index in [4.69, 9.17) is 66.6 Å². The van der Waals surface area contributed by atoms with Crippen LogP contribution in [0.15, 0.2) is 105 Å². The van der Waals surface area contributed by atoms with E-state index in [1.165, 1.54) is 83.4 Å². The minimum atomic E-state index is -5.06. The summed E-state index contributed by atoms with van der Waals surface area (Å²) in [5.41, 5.74) is 10.5. The van der Waals surface area contributed by atoms with Crippen LogP contribution in [0.1, 0.15) is 71.5 Å². The van der Waals surface area contributed by atoms with Crippen LogP contribution in [0.2, 0.25) is 0 Å². The van der Waals surface area contributed by atoms with Crippen molar-refractivity contribution in [3.63, 3.8) is 0 Å². The Labute approximate surface area is 623 Å². The molecule has 0 aliphatic carbocycles. The van der Waals surface area contributed by atoms with Crippen molar-refractivity contribution < 1.29 is 103 Å². The van der Waals surface area contributed by atoms with Gasteiger partial charge in [0, 0.05) is 101 Å². The summed E-state index contributed by atoms with van der Waals surface area (Å²) in [7, 11) is -19.9. The van der Waals surface area contributed by atoms with Gasteiger partial charge in [-0.3, -0.25) is 74.0 Å². The SMILES string of the molecule is Cc1cn([C@H]2C[C@H](OP(=O)(O)OC[C@H]3O[C@@H](n4cnc5c(N)ncnc54)C[C@@H]3OP(=O)(O)OCCc3ccc(-c4ccc(-c5ccc(-c6ccc(CCOP(=O)(O)O[C@H]7C[C@H](n8cnc9c(N)ncnc98)O[C@@H]7COP(=O)(O)O[C@H]7C[C@H](n8cc(C)c(=O)[nH]c8=O)O[C@@H]7CO)s6)s5)s4)s3)[C@@H](CO)O2)c(=O)[nH]c1=O. The lowest BCUT2D eigenvalue weighted by Gasteiger charge is -2.23. The van der Waals surface area contributed by atoms with Gasteiger partial charge in [-0.2, -0.15) is 0 Å². The van der Waals surface area contributed by atoms with Crippen LogP contribution in [-0.2, 0) is 86.2 Å². The third-order valence-corrected chi connectivity index (χ3v) is 26.9. The molecule has 578 valence electrons. The van der Waals surface area contributed by atoms with Gasteiger partial charge in [0.15, 0.2) is 22.9 Å². The molecule has 0 aromatic carbocycles. The lowest BCUT2D eigenvalue weighted by molar-refractivity contribution is -0.0565. The molecule has 14 heterocycles. The van der Waals surface area contributed by atoms with Gasteiger partial charge >= 0.3 is 42.7 Å². The Balaban J connectivity index is 0.563. The smallest absolute Gasteiger partial charge is 0.394 e. The number of aryl methyl sites for hydroxylation is 2. The first kappa shape index (κ1) is 77.8. The molecule has 4 unspecified atom stereocenters. The zero-order valence-electron chi connectivity index (χ0n) is 56.4. The maximum atomic E-state index is 13.7. The van der Waals surface area contributed by atoms with Crippen LogP contribution in [0.4, 0.5) is 11.6 Å². The first-order valence-electron chi connectivity index (χ1n) is 32.9. The second-order valence-electron chi connectivity index (χ2n) is 25.0. The number of ether oxygens (including phenoxy) is 4.